The number of hydrogen-bond donors (Lipinski definition) is 1. The van der Waals surface area contributed by atoms with Gasteiger partial charge >= 0.3 is 0 Å². The Bertz CT molecular complexity index is 1040. The van der Waals surface area contributed by atoms with Gasteiger partial charge in [-0.2, -0.15) is 0 Å². The summed E-state index contributed by atoms with van der Waals surface area (Å²) < 4.78 is 6.13. The van der Waals surface area contributed by atoms with E-state index in [1.807, 2.05) is 25.2 Å². The Morgan fingerprint density at radius 1 is 1.12 bits per heavy atom. The van der Waals surface area contributed by atoms with Crippen LogP contribution in [0.15, 0.2) is 71.0 Å². The number of thiazole rings is 1. The molecule has 7 heteroatoms. The molecule has 1 aromatic heterocycles. The van der Waals surface area contributed by atoms with E-state index in [0.717, 1.165) is 55.0 Å². The second kappa shape index (κ2) is 9.81. The lowest BCUT2D eigenvalue weighted by Crippen LogP contribution is -2.50. The van der Waals surface area contributed by atoms with Crippen molar-refractivity contribution in [1.82, 2.24) is 20.1 Å². The number of hydrogen-bond acceptors (Lipinski definition) is 5. The quantitative estimate of drug-likeness (QED) is 0.480. The molecule has 0 radical (unpaired) electrons. The van der Waals surface area contributed by atoms with E-state index in [-0.39, 0.29) is 6.10 Å². The Balaban J connectivity index is 1.20. The molecular weight excluding hydrogens is 418 g/mol. The second-order valence-corrected chi connectivity index (χ2v) is 9.11. The SMILES string of the molecule is CN=C(NCc1csc(-c2ccccc2)n1)N1CC2OCCN(Cc3ccccc3)C2C1. The van der Waals surface area contributed by atoms with Crippen molar-refractivity contribution in [3.05, 3.63) is 77.3 Å². The van der Waals surface area contributed by atoms with E-state index in [1.54, 1.807) is 11.3 Å². The summed E-state index contributed by atoms with van der Waals surface area (Å²) in [6.45, 7) is 5.17. The third-order valence-corrected chi connectivity index (χ3v) is 7.10. The summed E-state index contributed by atoms with van der Waals surface area (Å²) in [6.07, 6.45) is 0.218. The van der Waals surface area contributed by atoms with Crippen LogP contribution in [0.5, 0.6) is 0 Å². The number of fused-ring (bicyclic) bond motifs is 1. The number of benzene rings is 2. The molecule has 2 aliphatic heterocycles. The van der Waals surface area contributed by atoms with Crippen molar-refractivity contribution < 1.29 is 4.74 Å². The molecule has 0 bridgehead atoms. The van der Waals surface area contributed by atoms with Crippen LogP contribution in [0.2, 0.25) is 0 Å². The van der Waals surface area contributed by atoms with E-state index >= 15 is 0 Å². The van der Waals surface area contributed by atoms with Gasteiger partial charge in [-0.25, -0.2) is 4.98 Å². The monoisotopic (exact) mass is 447 g/mol. The van der Waals surface area contributed by atoms with Crippen LogP contribution in [0.25, 0.3) is 10.6 Å². The second-order valence-electron chi connectivity index (χ2n) is 8.25. The first-order valence-electron chi connectivity index (χ1n) is 11.1. The Morgan fingerprint density at radius 3 is 2.69 bits per heavy atom. The zero-order valence-corrected chi connectivity index (χ0v) is 19.2. The smallest absolute Gasteiger partial charge is 0.194 e. The van der Waals surface area contributed by atoms with Crippen LogP contribution >= 0.6 is 11.3 Å². The molecule has 6 nitrogen and oxygen atoms in total. The number of nitrogens with one attached hydrogen (secondary N) is 1. The summed E-state index contributed by atoms with van der Waals surface area (Å²) in [5.41, 5.74) is 3.55. The van der Waals surface area contributed by atoms with Gasteiger partial charge in [0.1, 0.15) is 5.01 Å². The van der Waals surface area contributed by atoms with Crippen molar-refractivity contribution in [3.8, 4) is 10.6 Å². The summed E-state index contributed by atoms with van der Waals surface area (Å²) in [5, 5.41) is 6.69. The van der Waals surface area contributed by atoms with Crippen molar-refractivity contribution in [2.45, 2.75) is 25.2 Å². The Morgan fingerprint density at radius 2 is 1.91 bits per heavy atom. The summed E-state index contributed by atoms with van der Waals surface area (Å²) in [4.78, 5) is 14.2. The third-order valence-electron chi connectivity index (χ3n) is 6.16. The molecule has 3 heterocycles. The highest BCUT2D eigenvalue weighted by Gasteiger charge is 2.41. The Hall–Kier alpha value is -2.74. The van der Waals surface area contributed by atoms with Crippen LogP contribution in [-0.4, -0.2) is 66.2 Å². The van der Waals surface area contributed by atoms with Crippen LogP contribution in [0.1, 0.15) is 11.3 Å². The zero-order valence-electron chi connectivity index (χ0n) is 18.4. The first kappa shape index (κ1) is 21.1. The van der Waals surface area contributed by atoms with Crippen molar-refractivity contribution in [2.75, 3.05) is 33.3 Å². The number of nitrogens with zero attached hydrogens (tertiary/aromatic N) is 4. The first-order valence-corrected chi connectivity index (χ1v) is 12.0. The number of ether oxygens (including phenoxy) is 1. The minimum absolute atomic E-state index is 0.218. The van der Waals surface area contributed by atoms with Crippen LogP contribution in [-0.2, 0) is 17.8 Å². The van der Waals surface area contributed by atoms with Gasteiger partial charge in [0.05, 0.1) is 31.0 Å². The lowest BCUT2D eigenvalue weighted by atomic mass is 10.1. The average Bonchev–Trinajstić information content (AvgIpc) is 3.49. The minimum Gasteiger partial charge on any atom is -0.373 e. The van der Waals surface area contributed by atoms with Crippen molar-refractivity contribution >= 4 is 17.3 Å². The molecule has 2 saturated heterocycles. The molecular formula is C25H29N5OS. The minimum atomic E-state index is 0.218. The standard InChI is InChI=1S/C25H29N5OS/c1-26-25(27-14-21-18-32-24(28-21)20-10-6-3-7-11-20)30-16-22-23(17-30)31-13-12-29(22)15-19-8-4-2-5-9-19/h2-11,18,22-23H,12-17H2,1H3,(H,26,27). The fourth-order valence-corrected chi connectivity index (χ4v) is 5.37. The number of rotatable bonds is 5. The predicted molar refractivity (Wildman–Crippen MR) is 130 cm³/mol. The molecule has 166 valence electrons. The molecule has 2 aromatic carbocycles. The van der Waals surface area contributed by atoms with Gasteiger partial charge in [-0.1, -0.05) is 60.7 Å². The van der Waals surface area contributed by atoms with E-state index in [4.69, 9.17) is 9.72 Å². The highest BCUT2D eigenvalue weighted by molar-refractivity contribution is 7.13. The highest BCUT2D eigenvalue weighted by atomic mass is 32.1. The predicted octanol–water partition coefficient (Wildman–Crippen LogP) is 3.47. The molecule has 5 rings (SSSR count). The summed E-state index contributed by atoms with van der Waals surface area (Å²) in [5.74, 6) is 0.914. The van der Waals surface area contributed by atoms with E-state index < -0.39 is 0 Å². The molecule has 0 aliphatic carbocycles. The maximum atomic E-state index is 6.13. The fraction of sp³-hybridized carbons (Fsp3) is 0.360. The molecule has 32 heavy (non-hydrogen) atoms. The number of aliphatic imine (C=N–C) groups is 1. The molecule has 3 aromatic rings. The van der Waals surface area contributed by atoms with Gasteiger partial charge in [-0.3, -0.25) is 9.89 Å². The van der Waals surface area contributed by atoms with Crippen LogP contribution in [0.3, 0.4) is 0 Å². The molecule has 1 N–H and O–H groups in total. The number of guanidine groups is 1. The van der Waals surface area contributed by atoms with Crippen LogP contribution in [0.4, 0.5) is 0 Å². The summed E-state index contributed by atoms with van der Waals surface area (Å²) >= 11 is 1.68. The average molecular weight is 448 g/mol. The lowest BCUT2D eigenvalue weighted by Gasteiger charge is -2.36. The molecule has 0 amide bonds. The molecule has 2 fully saturated rings. The molecule has 2 atom stereocenters. The van der Waals surface area contributed by atoms with Crippen molar-refractivity contribution in [1.29, 1.82) is 0 Å². The molecule has 0 spiro atoms. The van der Waals surface area contributed by atoms with Crippen LogP contribution < -0.4 is 5.32 Å². The van der Waals surface area contributed by atoms with Crippen LogP contribution in [0, 0.1) is 0 Å². The van der Waals surface area contributed by atoms with Gasteiger partial charge in [0.25, 0.3) is 0 Å². The third kappa shape index (κ3) is 4.70. The summed E-state index contributed by atoms with van der Waals surface area (Å²) in [7, 11) is 1.85. The van der Waals surface area contributed by atoms with Gasteiger partial charge in [-0.05, 0) is 5.56 Å². The molecule has 2 aliphatic rings. The normalized spacial score (nSPS) is 21.5. The molecule has 0 saturated carbocycles. The first-order chi connectivity index (χ1) is 15.8. The number of likely N-dealkylation sites (tertiary alicyclic amines) is 1. The lowest BCUT2D eigenvalue weighted by molar-refractivity contribution is -0.0502. The van der Waals surface area contributed by atoms with Gasteiger partial charge < -0.3 is 15.0 Å². The van der Waals surface area contributed by atoms with E-state index in [0.29, 0.717) is 12.6 Å². The fourth-order valence-electron chi connectivity index (χ4n) is 4.55. The van der Waals surface area contributed by atoms with E-state index in [1.165, 1.54) is 5.56 Å². The largest absolute Gasteiger partial charge is 0.373 e. The highest BCUT2D eigenvalue weighted by Crippen LogP contribution is 2.25. The van der Waals surface area contributed by atoms with Gasteiger partial charge in [0, 0.05) is 44.2 Å². The molecule has 2 unspecified atom stereocenters. The van der Waals surface area contributed by atoms with E-state index in [9.17, 15) is 0 Å². The van der Waals surface area contributed by atoms with Gasteiger partial charge in [0.15, 0.2) is 5.96 Å². The maximum Gasteiger partial charge on any atom is 0.194 e. The maximum absolute atomic E-state index is 6.13. The number of morpholine rings is 1. The van der Waals surface area contributed by atoms with Crippen molar-refractivity contribution in [3.63, 3.8) is 0 Å². The topological polar surface area (TPSA) is 53.0 Å². The summed E-state index contributed by atoms with van der Waals surface area (Å²) in [6, 6.07) is 21.4. The van der Waals surface area contributed by atoms with E-state index in [2.05, 4.69) is 68.0 Å². The van der Waals surface area contributed by atoms with Gasteiger partial charge in [-0.15, -0.1) is 11.3 Å². The van der Waals surface area contributed by atoms with Crippen molar-refractivity contribution in [2.24, 2.45) is 4.99 Å². The Kier molecular flexibility index (Phi) is 6.48. The van der Waals surface area contributed by atoms with Gasteiger partial charge in [0.2, 0.25) is 0 Å². The Labute approximate surface area is 193 Å². The zero-order chi connectivity index (χ0) is 21.8. The number of aromatic nitrogens is 1.